The lowest BCUT2D eigenvalue weighted by atomic mass is 9.99. The van der Waals surface area contributed by atoms with Gasteiger partial charge in [0.15, 0.2) is 12.4 Å². The maximum Gasteiger partial charge on any atom is 0.306 e. The number of ether oxygens (including phenoxy) is 4. The summed E-state index contributed by atoms with van der Waals surface area (Å²) in [5.74, 6) is -0.860. The molecule has 0 aromatic carbocycles. The maximum absolute atomic E-state index is 12.8. The van der Waals surface area contributed by atoms with Crippen molar-refractivity contribution in [3.05, 3.63) is 36.5 Å². The van der Waals surface area contributed by atoms with Crippen molar-refractivity contribution in [2.24, 2.45) is 0 Å². The topological polar surface area (TPSA) is 152 Å². The third-order valence-corrected chi connectivity index (χ3v) is 11.0. The molecule has 0 radical (unpaired) electrons. The van der Waals surface area contributed by atoms with E-state index in [4.69, 9.17) is 18.9 Å². The highest BCUT2D eigenvalue weighted by atomic mass is 16.7. The van der Waals surface area contributed by atoms with Gasteiger partial charge in [-0.05, 0) is 64.2 Å². The molecule has 0 amide bonds. The van der Waals surface area contributed by atoms with E-state index < -0.39 is 49.4 Å². The molecule has 59 heavy (non-hydrogen) atoms. The molecule has 0 bridgehead atoms. The van der Waals surface area contributed by atoms with Gasteiger partial charge in [-0.15, -0.1) is 0 Å². The van der Waals surface area contributed by atoms with Crippen molar-refractivity contribution in [3.8, 4) is 0 Å². The summed E-state index contributed by atoms with van der Waals surface area (Å²) in [7, 11) is 0. The highest BCUT2D eigenvalue weighted by Crippen LogP contribution is 2.22. The van der Waals surface area contributed by atoms with Crippen molar-refractivity contribution in [1.82, 2.24) is 0 Å². The van der Waals surface area contributed by atoms with Gasteiger partial charge in [0.25, 0.3) is 0 Å². The number of hydrogen-bond acceptors (Lipinski definition) is 10. The van der Waals surface area contributed by atoms with Crippen LogP contribution in [0.2, 0.25) is 0 Å². The fourth-order valence-corrected chi connectivity index (χ4v) is 7.16. The Balaban J connectivity index is 2.33. The monoisotopic (exact) mass is 837 g/mol. The smallest absolute Gasteiger partial charge is 0.306 e. The van der Waals surface area contributed by atoms with Gasteiger partial charge in [0.2, 0.25) is 0 Å². The Bertz CT molecular complexity index is 1060. The lowest BCUT2D eigenvalue weighted by Crippen LogP contribution is -2.59. The Kier molecular flexibility index (Phi) is 37.3. The summed E-state index contributed by atoms with van der Waals surface area (Å²) in [6.45, 7) is 3.39. The van der Waals surface area contributed by atoms with E-state index in [1.807, 2.05) is 0 Å². The molecular weight excluding hydrogens is 749 g/mol. The molecule has 0 saturated carbocycles. The normalized spacial score (nSPS) is 20.3. The molecule has 1 heterocycles. The Morgan fingerprint density at radius 3 is 1.47 bits per heavy atom. The van der Waals surface area contributed by atoms with Crippen LogP contribution in [-0.2, 0) is 28.5 Å². The molecule has 6 atom stereocenters. The van der Waals surface area contributed by atoms with Crippen LogP contribution in [0.25, 0.3) is 0 Å². The van der Waals surface area contributed by atoms with Crippen molar-refractivity contribution in [2.45, 2.75) is 243 Å². The fraction of sp³-hybridized carbons (Fsp3) is 0.837. The molecular formula is C49H88O10. The summed E-state index contributed by atoms with van der Waals surface area (Å²) in [6.07, 6.45) is 38.7. The van der Waals surface area contributed by atoms with Crippen LogP contribution < -0.4 is 0 Å². The largest absolute Gasteiger partial charge is 0.462 e. The van der Waals surface area contributed by atoms with Crippen LogP contribution in [0.5, 0.6) is 0 Å². The molecule has 1 rings (SSSR count). The van der Waals surface area contributed by atoms with Crippen LogP contribution in [0.4, 0.5) is 0 Å². The van der Waals surface area contributed by atoms with Gasteiger partial charge in [0.05, 0.1) is 13.2 Å². The molecule has 0 aromatic heterocycles. The molecule has 0 aliphatic carbocycles. The highest BCUT2D eigenvalue weighted by Gasteiger charge is 2.44. The van der Waals surface area contributed by atoms with Crippen molar-refractivity contribution in [3.63, 3.8) is 0 Å². The van der Waals surface area contributed by atoms with Crippen LogP contribution >= 0.6 is 0 Å². The van der Waals surface area contributed by atoms with Crippen LogP contribution in [0, 0.1) is 0 Å². The second-order valence-corrected chi connectivity index (χ2v) is 16.6. The molecule has 1 aliphatic heterocycles. The first-order valence-corrected chi connectivity index (χ1v) is 24.1. The minimum absolute atomic E-state index is 0.166. The van der Waals surface area contributed by atoms with Crippen LogP contribution in [0.15, 0.2) is 36.5 Å². The van der Waals surface area contributed by atoms with Crippen LogP contribution in [-0.4, -0.2) is 89.0 Å². The number of aliphatic hydroxyl groups excluding tert-OH is 4. The third-order valence-electron chi connectivity index (χ3n) is 11.0. The summed E-state index contributed by atoms with van der Waals surface area (Å²) in [6, 6.07) is 0. The molecule has 1 saturated heterocycles. The Hall–Kier alpha value is -2.08. The van der Waals surface area contributed by atoms with Gasteiger partial charge in [-0.1, -0.05) is 166 Å². The number of esters is 2. The first-order chi connectivity index (χ1) is 28.8. The van der Waals surface area contributed by atoms with Gasteiger partial charge in [0.1, 0.15) is 31.0 Å². The predicted octanol–water partition coefficient (Wildman–Crippen LogP) is 10.7. The van der Waals surface area contributed by atoms with Crippen molar-refractivity contribution in [1.29, 1.82) is 0 Å². The first kappa shape index (κ1) is 54.9. The molecule has 344 valence electrons. The predicted molar refractivity (Wildman–Crippen MR) is 238 cm³/mol. The van der Waals surface area contributed by atoms with E-state index in [1.165, 1.54) is 122 Å². The number of carbonyl (C=O) groups excluding carboxylic acids is 2. The molecule has 10 nitrogen and oxygen atoms in total. The number of hydrogen-bond donors (Lipinski definition) is 4. The van der Waals surface area contributed by atoms with Crippen molar-refractivity contribution < 1.29 is 49.0 Å². The highest BCUT2D eigenvalue weighted by molar-refractivity contribution is 5.70. The lowest BCUT2D eigenvalue weighted by Gasteiger charge is -2.39. The van der Waals surface area contributed by atoms with Crippen LogP contribution in [0.1, 0.15) is 206 Å². The summed E-state index contributed by atoms with van der Waals surface area (Å²) in [4.78, 5) is 25.4. The zero-order chi connectivity index (χ0) is 43.0. The Morgan fingerprint density at radius 2 is 0.966 bits per heavy atom. The maximum atomic E-state index is 12.8. The summed E-state index contributed by atoms with van der Waals surface area (Å²) in [5.41, 5.74) is 0. The molecule has 0 spiro atoms. The summed E-state index contributed by atoms with van der Waals surface area (Å²) in [5, 5.41) is 40.1. The van der Waals surface area contributed by atoms with Gasteiger partial charge < -0.3 is 39.4 Å². The molecule has 10 heteroatoms. The minimum atomic E-state index is -1.60. The fourth-order valence-electron chi connectivity index (χ4n) is 7.16. The molecule has 4 N–H and O–H groups in total. The van der Waals surface area contributed by atoms with E-state index in [9.17, 15) is 30.0 Å². The van der Waals surface area contributed by atoms with Crippen molar-refractivity contribution in [2.75, 3.05) is 19.8 Å². The standard InChI is InChI=1S/C49H88O10/c1-3-5-7-9-11-13-15-17-19-21-23-25-27-29-31-33-35-37-44(51)56-40-42(41-57-49-48(55)47(54)46(53)43(39-50)59-49)58-45(52)38-36-34-32-30-28-26-24-22-20-18-16-14-12-10-8-6-4-2/h17,19,24,26,30,32,42-43,46-50,53-55H,3-16,18,20-23,25,27-29,31,33-41H2,1-2H3/b19-17+,26-24+,32-30+/t42-,43-,46+,47?,48?,49-/m0/s1. The quantitative estimate of drug-likeness (QED) is 0.0267. The number of aliphatic hydroxyl groups is 4. The van der Waals surface area contributed by atoms with Gasteiger partial charge in [-0.2, -0.15) is 0 Å². The Morgan fingerprint density at radius 1 is 0.525 bits per heavy atom. The van der Waals surface area contributed by atoms with E-state index in [1.54, 1.807) is 0 Å². The number of carbonyl (C=O) groups is 2. The average molecular weight is 837 g/mol. The Labute approximate surface area is 359 Å². The average Bonchev–Trinajstić information content (AvgIpc) is 3.23. The van der Waals surface area contributed by atoms with Gasteiger partial charge in [-0.3, -0.25) is 9.59 Å². The summed E-state index contributed by atoms with van der Waals surface area (Å²) >= 11 is 0. The van der Waals surface area contributed by atoms with E-state index >= 15 is 0 Å². The number of rotatable bonds is 40. The second kappa shape index (κ2) is 40.0. The number of unbranched alkanes of at least 4 members (excludes halogenated alkanes) is 23. The van der Waals surface area contributed by atoms with E-state index in [2.05, 4.69) is 50.3 Å². The zero-order valence-electron chi connectivity index (χ0n) is 37.5. The van der Waals surface area contributed by atoms with Gasteiger partial charge >= 0.3 is 11.9 Å². The third kappa shape index (κ3) is 31.4. The van der Waals surface area contributed by atoms with Gasteiger partial charge in [-0.25, -0.2) is 0 Å². The number of allylic oxidation sites excluding steroid dienone is 6. The molecule has 1 fully saturated rings. The van der Waals surface area contributed by atoms with Crippen LogP contribution in [0.3, 0.4) is 0 Å². The summed E-state index contributed by atoms with van der Waals surface area (Å²) < 4.78 is 22.1. The lowest BCUT2D eigenvalue weighted by molar-refractivity contribution is -0.305. The SMILES string of the molecule is CCCCCCCC/C=C/CCCCCCCCCC(=O)OC[C@@H](CO[C@H]1O[C@@H](CO)[C@@H](O)C(O)C1O)OC(=O)CCC/C=C/C/C=C/CCCCCCCCCCC. The van der Waals surface area contributed by atoms with E-state index in [0.29, 0.717) is 12.8 Å². The van der Waals surface area contributed by atoms with E-state index in [-0.39, 0.29) is 32.0 Å². The van der Waals surface area contributed by atoms with E-state index in [0.717, 1.165) is 44.9 Å². The minimum Gasteiger partial charge on any atom is -0.462 e. The molecule has 0 aromatic rings. The van der Waals surface area contributed by atoms with Gasteiger partial charge in [0, 0.05) is 12.8 Å². The zero-order valence-corrected chi connectivity index (χ0v) is 37.5. The first-order valence-electron chi connectivity index (χ1n) is 24.1. The molecule has 2 unspecified atom stereocenters. The molecule has 1 aliphatic rings. The van der Waals surface area contributed by atoms with Crippen molar-refractivity contribution >= 4 is 11.9 Å². The second-order valence-electron chi connectivity index (χ2n) is 16.6.